The molecular formula is C15H17N2OP. The van der Waals surface area contributed by atoms with E-state index in [1.807, 2.05) is 54.8 Å². The molecule has 2 atom stereocenters. The maximum Gasteiger partial charge on any atom is 0.161 e. The molecule has 4 heteroatoms. The molecule has 0 amide bonds. The van der Waals surface area contributed by atoms with Crippen LogP contribution in [0, 0.1) is 0 Å². The third-order valence-electron chi connectivity index (χ3n) is 2.90. The van der Waals surface area contributed by atoms with Crippen molar-refractivity contribution < 1.29 is 4.57 Å². The van der Waals surface area contributed by atoms with E-state index in [2.05, 4.69) is 16.9 Å². The van der Waals surface area contributed by atoms with Gasteiger partial charge in [-0.3, -0.25) is 4.98 Å². The Kier molecular flexibility index (Phi) is 4.53. The fraction of sp³-hybridized carbons (Fsp3) is 0.133. The third-order valence-corrected chi connectivity index (χ3v) is 5.92. The van der Waals surface area contributed by atoms with Crippen molar-refractivity contribution in [1.29, 1.82) is 0 Å². The Morgan fingerprint density at radius 3 is 2.95 bits per heavy atom. The molecule has 0 bridgehead atoms. The van der Waals surface area contributed by atoms with Gasteiger partial charge in [0.2, 0.25) is 0 Å². The van der Waals surface area contributed by atoms with Crippen LogP contribution in [0.15, 0.2) is 73.6 Å². The number of aromatic nitrogens is 1. The van der Waals surface area contributed by atoms with E-state index in [-0.39, 0.29) is 5.78 Å². The van der Waals surface area contributed by atoms with Crippen molar-refractivity contribution in [2.45, 2.75) is 5.78 Å². The van der Waals surface area contributed by atoms with Crippen LogP contribution >= 0.6 is 7.14 Å². The SMILES string of the molecule is C=C/C=C\CP(=O)(c1ccccn1)C1C=CC=CN1. The first-order chi connectivity index (χ1) is 9.27. The Balaban J connectivity index is 2.35. The van der Waals surface area contributed by atoms with Gasteiger partial charge < -0.3 is 9.88 Å². The van der Waals surface area contributed by atoms with Crippen molar-refractivity contribution in [2.75, 3.05) is 6.16 Å². The molecule has 1 aromatic rings. The van der Waals surface area contributed by atoms with Crippen LogP contribution in [-0.2, 0) is 4.57 Å². The van der Waals surface area contributed by atoms with Gasteiger partial charge in [-0.25, -0.2) is 0 Å². The molecule has 1 aliphatic heterocycles. The Labute approximate surface area is 113 Å². The second-order valence-electron chi connectivity index (χ2n) is 4.19. The zero-order valence-electron chi connectivity index (χ0n) is 10.6. The third kappa shape index (κ3) is 3.12. The summed E-state index contributed by atoms with van der Waals surface area (Å²) >= 11 is 0. The van der Waals surface area contributed by atoms with Gasteiger partial charge in [0.25, 0.3) is 0 Å². The summed E-state index contributed by atoms with van der Waals surface area (Å²) in [5.41, 5.74) is 0.654. The smallest absolute Gasteiger partial charge is 0.161 e. The van der Waals surface area contributed by atoms with Gasteiger partial charge in [0.05, 0.1) is 0 Å². The standard InChI is InChI=1S/C15H17N2OP/c1-2-3-8-13-19(18,14-9-4-6-11-16-14)15-10-5-7-12-17-15/h2-12,14,16H,1,13H2/b8-3-. The van der Waals surface area contributed by atoms with Gasteiger partial charge in [-0.2, -0.15) is 0 Å². The molecule has 2 heterocycles. The van der Waals surface area contributed by atoms with Gasteiger partial charge in [0.1, 0.15) is 11.2 Å². The summed E-state index contributed by atoms with van der Waals surface area (Å²) in [6.45, 7) is 3.63. The molecule has 1 aliphatic rings. The highest BCUT2D eigenvalue weighted by atomic mass is 31.2. The normalized spacial score (nSPS) is 20.9. The van der Waals surface area contributed by atoms with E-state index in [0.29, 0.717) is 11.6 Å². The second kappa shape index (κ2) is 6.35. The van der Waals surface area contributed by atoms with E-state index in [1.54, 1.807) is 12.3 Å². The molecule has 0 saturated carbocycles. The molecule has 0 saturated heterocycles. The molecule has 0 spiro atoms. The van der Waals surface area contributed by atoms with Crippen LogP contribution in [0.4, 0.5) is 0 Å². The average molecular weight is 272 g/mol. The van der Waals surface area contributed by atoms with Gasteiger partial charge in [0.15, 0.2) is 7.14 Å². The summed E-state index contributed by atoms with van der Waals surface area (Å²) in [6, 6.07) is 5.53. The van der Waals surface area contributed by atoms with E-state index in [0.717, 1.165) is 0 Å². The lowest BCUT2D eigenvalue weighted by molar-refractivity contribution is 0.573. The Morgan fingerprint density at radius 2 is 2.32 bits per heavy atom. The molecule has 0 fully saturated rings. The van der Waals surface area contributed by atoms with E-state index >= 15 is 0 Å². The predicted molar refractivity (Wildman–Crippen MR) is 80.9 cm³/mol. The van der Waals surface area contributed by atoms with Crippen molar-refractivity contribution in [1.82, 2.24) is 10.3 Å². The minimum Gasteiger partial charge on any atom is -0.378 e. The molecule has 19 heavy (non-hydrogen) atoms. The number of hydrogen-bond donors (Lipinski definition) is 1. The van der Waals surface area contributed by atoms with Crippen molar-refractivity contribution >= 4 is 12.6 Å². The molecule has 1 N–H and O–H groups in total. The first-order valence-corrected chi connectivity index (χ1v) is 8.11. The fourth-order valence-electron chi connectivity index (χ4n) is 1.93. The molecule has 2 rings (SSSR count). The first-order valence-electron chi connectivity index (χ1n) is 6.14. The van der Waals surface area contributed by atoms with Crippen molar-refractivity contribution in [3.63, 3.8) is 0 Å². The van der Waals surface area contributed by atoms with Crippen LogP contribution in [-0.4, -0.2) is 16.9 Å². The molecule has 0 radical (unpaired) electrons. The van der Waals surface area contributed by atoms with Crippen LogP contribution in [0.25, 0.3) is 0 Å². The average Bonchev–Trinajstić information content (AvgIpc) is 2.49. The van der Waals surface area contributed by atoms with E-state index < -0.39 is 7.14 Å². The number of hydrogen-bond acceptors (Lipinski definition) is 3. The monoisotopic (exact) mass is 272 g/mol. The predicted octanol–water partition coefficient (Wildman–Crippen LogP) is 2.81. The summed E-state index contributed by atoms with van der Waals surface area (Å²) in [6.07, 6.45) is 15.1. The van der Waals surface area contributed by atoms with Crippen LogP contribution in [0.2, 0.25) is 0 Å². The zero-order chi connectivity index (χ0) is 13.6. The Morgan fingerprint density at radius 1 is 1.42 bits per heavy atom. The summed E-state index contributed by atoms with van der Waals surface area (Å²) in [5.74, 6) is -0.207. The van der Waals surface area contributed by atoms with Gasteiger partial charge in [-0.1, -0.05) is 43.0 Å². The van der Waals surface area contributed by atoms with E-state index in [9.17, 15) is 4.57 Å². The lowest BCUT2D eigenvalue weighted by atomic mass is 10.4. The van der Waals surface area contributed by atoms with Crippen molar-refractivity contribution in [3.8, 4) is 0 Å². The number of pyridine rings is 1. The Bertz CT molecular complexity index is 561. The van der Waals surface area contributed by atoms with Gasteiger partial charge in [0, 0.05) is 12.4 Å². The van der Waals surface area contributed by atoms with Crippen molar-refractivity contribution in [3.05, 3.63) is 73.6 Å². The highest BCUT2D eigenvalue weighted by Gasteiger charge is 2.33. The van der Waals surface area contributed by atoms with Crippen LogP contribution in [0.3, 0.4) is 0 Å². The maximum atomic E-state index is 13.3. The van der Waals surface area contributed by atoms with Crippen LogP contribution < -0.4 is 10.8 Å². The quantitative estimate of drug-likeness (QED) is 0.662. The maximum absolute atomic E-state index is 13.3. The zero-order valence-corrected chi connectivity index (χ0v) is 11.5. The van der Waals surface area contributed by atoms with Crippen LogP contribution in [0.5, 0.6) is 0 Å². The molecular weight excluding hydrogens is 255 g/mol. The van der Waals surface area contributed by atoms with Crippen LogP contribution in [0.1, 0.15) is 0 Å². The lowest BCUT2D eigenvalue weighted by Gasteiger charge is -2.25. The largest absolute Gasteiger partial charge is 0.378 e. The Hall–Kier alpha value is -1.86. The molecule has 2 unspecified atom stereocenters. The summed E-state index contributed by atoms with van der Waals surface area (Å²) in [7, 11) is -2.67. The molecule has 98 valence electrons. The number of nitrogens with one attached hydrogen (secondary N) is 1. The highest BCUT2D eigenvalue weighted by molar-refractivity contribution is 7.72. The molecule has 0 aliphatic carbocycles. The summed E-state index contributed by atoms with van der Waals surface area (Å²) in [5, 5.41) is 3.15. The summed E-state index contributed by atoms with van der Waals surface area (Å²) < 4.78 is 13.3. The topological polar surface area (TPSA) is 42.0 Å². The minimum absolute atomic E-state index is 0.207. The molecule has 1 aromatic heterocycles. The van der Waals surface area contributed by atoms with Gasteiger partial charge in [-0.05, 0) is 24.4 Å². The molecule has 0 aromatic carbocycles. The number of rotatable bonds is 5. The second-order valence-corrected chi connectivity index (χ2v) is 7.16. The lowest BCUT2D eigenvalue weighted by Crippen LogP contribution is -2.30. The number of allylic oxidation sites excluding steroid dienone is 5. The van der Waals surface area contributed by atoms with E-state index in [1.165, 1.54) is 0 Å². The number of nitrogens with zero attached hydrogens (tertiary/aromatic N) is 1. The molecule has 3 nitrogen and oxygen atoms in total. The first kappa shape index (κ1) is 13.6. The minimum atomic E-state index is -2.67. The highest BCUT2D eigenvalue weighted by Crippen LogP contribution is 2.48. The van der Waals surface area contributed by atoms with Gasteiger partial charge in [-0.15, -0.1) is 0 Å². The summed E-state index contributed by atoms with van der Waals surface area (Å²) in [4.78, 5) is 4.28. The number of dihydropyridines is 1. The van der Waals surface area contributed by atoms with E-state index in [4.69, 9.17) is 0 Å². The van der Waals surface area contributed by atoms with Crippen molar-refractivity contribution in [2.24, 2.45) is 0 Å². The fourth-order valence-corrected chi connectivity index (χ4v) is 4.37. The van der Waals surface area contributed by atoms with Gasteiger partial charge >= 0.3 is 0 Å².